The first-order chi connectivity index (χ1) is 9.47. The first-order valence-corrected chi connectivity index (χ1v) is 7.23. The minimum Gasteiger partial charge on any atom is -0.483 e. The lowest BCUT2D eigenvalue weighted by molar-refractivity contribution is -0.145. The van der Waals surface area contributed by atoms with Crippen molar-refractivity contribution in [2.24, 2.45) is 0 Å². The van der Waals surface area contributed by atoms with E-state index in [9.17, 15) is 9.59 Å². The van der Waals surface area contributed by atoms with Crippen LogP contribution >= 0.6 is 27.5 Å². The van der Waals surface area contributed by atoms with Crippen LogP contribution < -0.4 is 4.74 Å². The van der Waals surface area contributed by atoms with E-state index >= 15 is 0 Å². The van der Waals surface area contributed by atoms with Crippen molar-refractivity contribution in [2.75, 3.05) is 13.2 Å². The number of rotatable bonds is 6. The highest BCUT2D eigenvalue weighted by molar-refractivity contribution is 9.10. The molecule has 0 saturated heterocycles. The lowest BCUT2D eigenvalue weighted by Crippen LogP contribution is -2.40. The monoisotopic (exact) mass is 361 g/mol. The Hall–Kier alpha value is -1.27. The summed E-state index contributed by atoms with van der Waals surface area (Å²) in [4.78, 5) is 24.1. The predicted molar refractivity (Wildman–Crippen MR) is 77.0 cm³/mol. The second kappa shape index (κ2) is 6.45. The molecule has 20 heavy (non-hydrogen) atoms. The molecule has 0 heterocycles. The molecule has 7 heteroatoms. The van der Waals surface area contributed by atoms with Crippen LogP contribution in [-0.2, 0) is 9.59 Å². The number of carbonyl (C=O) groups excluding carboxylic acids is 1. The summed E-state index contributed by atoms with van der Waals surface area (Å²) in [5.41, 5.74) is 0. The predicted octanol–water partition coefficient (Wildman–Crippen LogP) is 2.56. The molecule has 0 atom stereocenters. The highest BCUT2D eigenvalue weighted by Crippen LogP contribution is 2.29. The minimum absolute atomic E-state index is 0.0378. The first-order valence-electron chi connectivity index (χ1n) is 6.06. The summed E-state index contributed by atoms with van der Waals surface area (Å²) in [5.74, 6) is -0.844. The van der Waals surface area contributed by atoms with Gasteiger partial charge in [-0.05, 0) is 47.0 Å². The number of ether oxygens (including phenoxy) is 1. The van der Waals surface area contributed by atoms with E-state index in [2.05, 4.69) is 15.9 Å². The number of carboxylic acids is 1. The van der Waals surface area contributed by atoms with Gasteiger partial charge in [0.15, 0.2) is 6.61 Å². The molecule has 0 aliphatic heterocycles. The number of aliphatic carboxylic acids is 1. The van der Waals surface area contributed by atoms with E-state index < -0.39 is 5.97 Å². The Labute approximate surface area is 129 Å². The second-order valence-corrected chi connectivity index (χ2v) is 5.80. The molecule has 1 aromatic carbocycles. The molecule has 5 nitrogen and oxygen atoms in total. The number of carbonyl (C=O) groups is 2. The highest BCUT2D eigenvalue weighted by atomic mass is 79.9. The van der Waals surface area contributed by atoms with Crippen LogP contribution in [0.25, 0.3) is 0 Å². The van der Waals surface area contributed by atoms with Gasteiger partial charge >= 0.3 is 5.97 Å². The summed E-state index contributed by atoms with van der Waals surface area (Å²) in [5, 5.41) is 9.37. The molecule has 1 saturated carbocycles. The third-order valence-corrected chi connectivity index (χ3v) is 3.71. The van der Waals surface area contributed by atoms with Gasteiger partial charge in [-0.25, -0.2) is 0 Å². The van der Waals surface area contributed by atoms with Crippen LogP contribution in [0, 0.1) is 0 Å². The molecule has 1 N–H and O–H groups in total. The highest BCUT2D eigenvalue weighted by Gasteiger charge is 2.33. The van der Waals surface area contributed by atoms with Crippen molar-refractivity contribution >= 4 is 39.4 Å². The summed E-state index contributed by atoms with van der Waals surface area (Å²) in [7, 11) is 0. The topological polar surface area (TPSA) is 66.8 Å². The van der Waals surface area contributed by atoms with Crippen molar-refractivity contribution < 1.29 is 19.4 Å². The molecule has 0 bridgehead atoms. The number of nitrogens with zero attached hydrogens (tertiary/aromatic N) is 1. The zero-order chi connectivity index (χ0) is 14.7. The Kier molecular flexibility index (Phi) is 4.88. The quantitative estimate of drug-likeness (QED) is 0.844. The summed E-state index contributed by atoms with van der Waals surface area (Å²) in [6.45, 7) is -0.474. The van der Waals surface area contributed by atoms with E-state index in [-0.39, 0.29) is 25.1 Å². The lowest BCUT2D eigenvalue weighted by atomic mass is 10.3. The van der Waals surface area contributed by atoms with Gasteiger partial charge in [-0.3, -0.25) is 9.59 Å². The smallest absolute Gasteiger partial charge is 0.323 e. The maximum absolute atomic E-state index is 12.0. The summed E-state index contributed by atoms with van der Waals surface area (Å²) in [6, 6.07) is 5.01. The van der Waals surface area contributed by atoms with Gasteiger partial charge in [-0.15, -0.1) is 0 Å². The van der Waals surface area contributed by atoms with Crippen LogP contribution in [0.3, 0.4) is 0 Å². The molecule has 2 rings (SSSR count). The van der Waals surface area contributed by atoms with Crippen LogP contribution in [0.5, 0.6) is 5.75 Å². The Balaban J connectivity index is 1.94. The molecule has 1 amide bonds. The van der Waals surface area contributed by atoms with Gasteiger partial charge < -0.3 is 14.7 Å². The molecule has 0 unspecified atom stereocenters. The Bertz CT molecular complexity index is 533. The van der Waals surface area contributed by atoms with Gasteiger partial charge in [-0.1, -0.05) is 11.6 Å². The molecule has 1 aliphatic carbocycles. The van der Waals surface area contributed by atoms with Gasteiger partial charge in [0.2, 0.25) is 0 Å². The average Bonchev–Trinajstić information content (AvgIpc) is 3.18. The normalized spacial score (nSPS) is 13.9. The minimum atomic E-state index is -1.02. The van der Waals surface area contributed by atoms with E-state index in [0.29, 0.717) is 15.2 Å². The summed E-state index contributed by atoms with van der Waals surface area (Å²) >= 11 is 9.10. The third-order valence-electron chi connectivity index (χ3n) is 2.86. The van der Waals surface area contributed by atoms with E-state index in [0.717, 1.165) is 12.8 Å². The number of carboxylic acid groups (broad SMARTS) is 1. The largest absolute Gasteiger partial charge is 0.483 e. The van der Waals surface area contributed by atoms with Crippen LogP contribution in [0.1, 0.15) is 12.8 Å². The van der Waals surface area contributed by atoms with Gasteiger partial charge in [0.05, 0.1) is 4.47 Å². The number of halogens is 2. The van der Waals surface area contributed by atoms with Crippen LogP contribution in [-0.4, -0.2) is 41.1 Å². The van der Waals surface area contributed by atoms with Crippen LogP contribution in [0.4, 0.5) is 0 Å². The van der Waals surface area contributed by atoms with Crippen molar-refractivity contribution in [1.82, 2.24) is 4.90 Å². The SMILES string of the molecule is O=C(O)CN(C(=O)COc1ccc(Cl)cc1Br)C1CC1. The molecular weight excluding hydrogens is 350 g/mol. The van der Waals surface area contributed by atoms with Crippen molar-refractivity contribution in [3.63, 3.8) is 0 Å². The molecule has 1 aromatic rings. The molecule has 0 aromatic heterocycles. The van der Waals surface area contributed by atoms with Gasteiger partial charge in [0.1, 0.15) is 12.3 Å². The van der Waals surface area contributed by atoms with E-state index in [1.807, 2.05) is 0 Å². The Morgan fingerprint density at radius 1 is 1.45 bits per heavy atom. The number of benzene rings is 1. The van der Waals surface area contributed by atoms with Gasteiger partial charge in [0, 0.05) is 11.1 Å². The maximum Gasteiger partial charge on any atom is 0.323 e. The molecule has 0 spiro atoms. The van der Waals surface area contributed by atoms with Crippen molar-refractivity contribution in [2.45, 2.75) is 18.9 Å². The Morgan fingerprint density at radius 3 is 2.70 bits per heavy atom. The zero-order valence-electron chi connectivity index (χ0n) is 10.5. The van der Waals surface area contributed by atoms with Crippen molar-refractivity contribution in [3.8, 4) is 5.75 Å². The second-order valence-electron chi connectivity index (χ2n) is 4.51. The molecule has 0 radical (unpaired) electrons. The summed E-state index contributed by atoms with van der Waals surface area (Å²) < 4.78 is 6.05. The molecule has 1 fully saturated rings. The fraction of sp³-hybridized carbons (Fsp3) is 0.385. The van der Waals surface area contributed by atoms with E-state index in [1.165, 1.54) is 4.90 Å². The van der Waals surface area contributed by atoms with Crippen molar-refractivity contribution in [3.05, 3.63) is 27.7 Å². The Morgan fingerprint density at radius 2 is 2.15 bits per heavy atom. The van der Waals surface area contributed by atoms with Crippen LogP contribution in [0.15, 0.2) is 22.7 Å². The fourth-order valence-electron chi connectivity index (χ4n) is 1.77. The molecule has 108 valence electrons. The average molecular weight is 363 g/mol. The van der Waals surface area contributed by atoms with Crippen LogP contribution in [0.2, 0.25) is 5.02 Å². The van der Waals surface area contributed by atoms with Crippen molar-refractivity contribution in [1.29, 1.82) is 0 Å². The zero-order valence-corrected chi connectivity index (χ0v) is 12.9. The van der Waals surface area contributed by atoms with Gasteiger partial charge in [0.25, 0.3) is 5.91 Å². The number of amides is 1. The fourth-order valence-corrected chi connectivity index (χ4v) is 2.56. The molecular formula is C13H13BrClNO4. The third kappa shape index (κ3) is 4.11. The van der Waals surface area contributed by atoms with E-state index in [1.54, 1.807) is 18.2 Å². The number of hydrogen-bond donors (Lipinski definition) is 1. The maximum atomic E-state index is 12.0. The lowest BCUT2D eigenvalue weighted by Gasteiger charge is -2.20. The molecule has 1 aliphatic rings. The summed E-state index contributed by atoms with van der Waals surface area (Å²) in [6.07, 6.45) is 1.70. The number of hydrogen-bond acceptors (Lipinski definition) is 3. The van der Waals surface area contributed by atoms with Gasteiger partial charge in [-0.2, -0.15) is 0 Å². The standard InChI is InChI=1S/C13H13BrClNO4/c14-10-5-8(15)1-4-11(10)20-7-12(17)16(6-13(18)19)9-2-3-9/h1,4-5,9H,2-3,6-7H2,(H,18,19). The van der Waals surface area contributed by atoms with E-state index in [4.69, 9.17) is 21.4 Å². The first kappa shape index (κ1) is 15.1.